The monoisotopic (exact) mass is 715 g/mol. The van der Waals surface area contributed by atoms with E-state index in [1.165, 1.54) is 16.7 Å². The molecule has 0 amide bonds. The molecule has 2 aromatic heterocycles. The van der Waals surface area contributed by atoms with Crippen LogP contribution in [0.2, 0.25) is 0 Å². The van der Waals surface area contributed by atoms with Crippen LogP contribution in [0.4, 0.5) is 0 Å². The number of phenols is 1. The smallest absolute Gasteiger partial charge is 0.148 e. The van der Waals surface area contributed by atoms with Gasteiger partial charge in [0.2, 0.25) is 0 Å². The molecule has 0 spiro atoms. The van der Waals surface area contributed by atoms with Crippen LogP contribution in [0, 0.1) is 19.9 Å². The maximum atomic E-state index is 10.6. The van der Waals surface area contributed by atoms with Gasteiger partial charge in [-0.15, -0.1) is 35.4 Å². The van der Waals surface area contributed by atoms with Crippen molar-refractivity contribution in [2.45, 2.75) is 26.7 Å². The molecule has 0 saturated carbocycles. The molecule has 4 aromatic carbocycles. The fourth-order valence-electron chi connectivity index (χ4n) is 5.15. The minimum absolute atomic E-state index is 0. The first kappa shape index (κ1) is 28.3. The van der Waals surface area contributed by atoms with Crippen LogP contribution in [0.25, 0.3) is 39.5 Å². The van der Waals surface area contributed by atoms with E-state index in [9.17, 15) is 5.11 Å². The molecular weight excluding hydrogens is 685 g/mol. The van der Waals surface area contributed by atoms with Crippen molar-refractivity contribution in [2.24, 2.45) is 0 Å². The Kier molecular flexibility index (Phi) is 8.61. The molecule has 5 heteroatoms. The van der Waals surface area contributed by atoms with Crippen LogP contribution in [0.3, 0.4) is 0 Å². The van der Waals surface area contributed by atoms with Crippen LogP contribution in [-0.4, -0.2) is 19.6 Å². The number of aryl methyl sites for hydroxylation is 4. The third-order valence-electron chi connectivity index (χ3n) is 7.03. The van der Waals surface area contributed by atoms with E-state index in [4.69, 9.17) is 4.98 Å². The van der Waals surface area contributed by atoms with Crippen LogP contribution >= 0.6 is 0 Å². The molecule has 0 aliphatic rings. The number of imidazole rings is 1. The van der Waals surface area contributed by atoms with Crippen LogP contribution in [-0.2, 0) is 33.9 Å². The predicted octanol–water partition coefficient (Wildman–Crippen LogP) is 8.17. The molecule has 0 saturated heterocycles. The summed E-state index contributed by atoms with van der Waals surface area (Å²) in [7, 11) is 0. The maximum absolute atomic E-state index is 10.6. The van der Waals surface area contributed by atoms with E-state index in [0.29, 0.717) is 5.56 Å². The molecule has 0 fully saturated rings. The predicted molar refractivity (Wildman–Crippen MR) is 161 cm³/mol. The van der Waals surface area contributed by atoms with Crippen LogP contribution < -0.4 is 0 Å². The zero-order valence-electron chi connectivity index (χ0n) is 23.0. The fraction of sp³-hybridized carbons (Fsp3) is 0.111. The van der Waals surface area contributed by atoms with E-state index < -0.39 is 0 Å². The zero-order chi connectivity index (χ0) is 27.5. The van der Waals surface area contributed by atoms with Gasteiger partial charge >= 0.3 is 0 Å². The van der Waals surface area contributed by atoms with Crippen molar-refractivity contribution in [1.82, 2.24) is 14.5 Å². The summed E-state index contributed by atoms with van der Waals surface area (Å²) in [6.45, 7) is 4.20. The number of benzene rings is 4. The van der Waals surface area contributed by atoms with Gasteiger partial charge in [-0.2, -0.15) is 0 Å². The van der Waals surface area contributed by atoms with Crippen LogP contribution in [0.1, 0.15) is 22.4 Å². The van der Waals surface area contributed by atoms with Gasteiger partial charge in [-0.25, -0.2) is 4.98 Å². The Morgan fingerprint density at radius 2 is 1.51 bits per heavy atom. The Morgan fingerprint density at radius 3 is 2.29 bits per heavy atom. The van der Waals surface area contributed by atoms with E-state index in [0.717, 1.165) is 52.4 Å². The molecule has 206 valence electrons. The fourth-order valence-corrected chi connectivity index (χ4v) is 5.15. The Morgan fingerprint density at radius 1 is 0.756 bits per heavy atom. The average Bonchev–Trinajstić information content (AvgIpc) is 3.41. The van der Waals surface area contributed by atoms with Gasteiger partial charge in [-0.1, -0.05) is 54.6 Å². The second-order valence-electron chi connectivity index (χ2n) is 10.2. The van der Waals surface area contributed by atoms with Gasteiger partial charge in [0, 0.05) is 39.1 Å². The van der Waals surface area contributed by atoms with E-state index in [-0.39, 0.29) is 26.8 Å². The number of para-hydroxylation sites is 1. The first-order chi connectivity index (χ1) is 19.5. The van der Waals surface area contributed by atoms with Crippen molar-refractivity contribution in [3.63, 3.8) is 0 Å². The summed E-state index contributed by atoms with van der Waals surface area (Å²) in [5, 5.41) is 10.6. The Labute approximate surface area is 255 Å². The molecule has 2 heterocycles. The van der Waals surface area contributed by atoms with E-state index in [1.54, 1.807) is 6.07 Å². The Balaban J connectivity index is 0.00000337. The maximum Gasteiger partial charge on any atom is 0.148 e. The third kappa shape index (κ3) is 6.39. The number of phenolic OH excluding ortho intramolecular Hbond substituents is 1. The van der Waals surface area contributed by atoms with Gasteiger partial charge in [0.25, 0.3) is 0 Å². The molecule has 0 aliphatic heterocycles. The number of rotatable bonds is 7. The van der Waals surface area contributed by atoms with Crippen molar-refractivity contribution in [2.75, 3.05) is 0 Å². The second kappa shape index (κ2) is 12.5. The normalized spacial score (nSPS) is 10.8. The van der Waals surface area contributed by atoms with Gasteiger partial charge in [0.15, 0.2) is 0 Å². The number of hydrogen-bond acceptors (Lipinski definition) is 3. The molecule has 6 rings (SSSR count). The molecule has 0 radical (unpaired) electrons. The van der Waals surface area contributed by atoms with E-state index >= 15 is 0 Å². The largest absolute Gasteiger partial charge is 0.507 e. The standard InChI is InChI=1S/C36H30N3O.Pt/c1-25-19-26(2)21-32(20-25)39-24-31(38-36(39)33-13-6-7-14-35(33)40)16-15-27-9-8-12-30(22-27)34-23-29(17-18-37-34)28-10-4-3-5-11-28;/h3-14,17-21,23-24,40H,15-16H2,1-2H3;/q-1;. The van der Waals surface area contributed by atoms with Gasteiger partial charge in [0.1, 0.15) is 11.6 Å². The zero-order valence-corrected chi connectivity index (χ0v) is 25.3. The summed E-state index contributed by atoms with van der Waals surface area (Å²) in [6.07, 6.45) is 5.48. The van der Waals surface area contributed by atoms with Crippen LogP contribution in [0.15, 0.2) is 116 Å². The van der Waals surface area contributed by atoms with Gasteiger partial charge < -0.3 is 10.1 Å². The van der Waals surface area contributed by atoms with E-state index in [2.05, 4.69) is 90.3 Å². The summed E-state index contributed by atoms with van der Waals surface area (Å²) in [5.74, 6) is 0.953. The van der Waals surface area contributed by atoms with Crippen molar-refractivity contribution in [3.05, 3.63) is 144 Å². The van der Waals surface area contributed by atoms with Crippen molar-refractivity contribution >= 4 is 0 Å². The molecular formula is C36H30N3OPt-. The molecule has 1 N–H and O–H groups in total. The van der Waals surface area contributed by atoms with Crippen LogP contribution in [0.5, 0.6) is 5.75 Å². The number of aromatic hydroxyl groups is 1. The molecule has 0 aliphatic carbocycles. The number of hydrogen-bond donors (Lipinski definition) is 1. The quantitative estimate of drug-likeness (QED) is 0.170. The SMILES string of the molecule is Cc1cc(C)cc(-n2cc(CCc3[c-]c(-c4cc(-c5ccccc5)ccn4)ccc3)nc2-c2ccccc2O)c1.[Pt]. The Bertz CT molecular complexity index is 1770. The summed E-state index contributed by atoms with van der Waals surface area (Å²) < 4.78 is 2.09. The minimum atomic E-state index is 0. The molecule has 4 nitrogen and oxygen atoms in total. The van der Waals surface area contributed by atoms with Crippen molar-refractivity contribution in [3.8, 4) is 45.2 Å². The molecule has 6 aromatic rings. The summed E-state index contributed by atoms with van der Waals surface area (Å²) in [4.78, 5) is 9.62. The van der Waals surface area contributed by atoms with Crippen molar-refractivity contribution in [1.29, 1.82) is 0 Å². The number of aromatic nitrogens is 3. The average molecular weight is 716 g/mol. The van der Waals surface area contributed by atoms with Gasteiger partial charge in [-0.05, 0) is 85.0 Å². The molecule has 0 bridgehead atoms. The first-order valence-electron chi connectivity index (χ1n) is 13.5. The molecule has 41 heavy (non-hydrogen) atoms. The molecule has 0 unspecified atom stereocenters. The number of pyridine rings is 1. The van der Waals surface area contributed by atoms with Gasteiger partial charge in [-0.3, -0.25) is 4.57 Å². The second-order valence-corrected chi connectivity index (χ2v) is 10.2. The van der Waals surface area contributed by atoms with Gasteiger partial charge in [0.05, 0.1) is 11.3 Å². The number of nitrogens with zero attached hydrogens (tertiary/aromatic N) is 3. The van der Waals surface area contributed by atoms with E-state index in [1.807, 2.05) is 48.7 Å². The Hall–Kier alpha value is -4.27. The third-order valence-corrected chi connectivity index (χ3v) is 7.03. The first-order valence-corrected chi connectivity index (χ1v) is 13.5. The molecule has 0 atom stereocenters. The summed E-state index contributed by atoms with van der Waals surface area (Å²) in [6, 6.07) is 38.2. The topological polar surface area (TPSA) is 50.9 Å². The summed E-state index contributed by atoms with van der Waals surface area (Å²) in [5.41, 5.74) is 10.4. The minimum Gasteiger partial charge on any atom is -0.507 e. The summed E-state index contributed by atoms with van der Waals surface area (Å²) >= 11 is 0. The van der Waals surface area contributed by atoms with Crippen molar-refractivity contribution < 1.29 is 26.2 Å².